The van der Waals surface area contributed by atoms with Crippen molar-refractivity contribution in [2.75, 3.05) is 5.32 Å². The van der Waals surface area contributed by atoms with E-state index < -0.39 is 6.10 Å². The molecule has 6 heteroatoms. The van der Waals surface area contributed by atoms with Gasteiger partial charge in [0, 0.05) is 23.2 Å². The number of rotatable bonds is 7. The molecule has 0 heterocycles. The molecule has 0 saturated heterocycles. The van der Waals surface area contributed by atoms with Crippen LogP contribution in [0.2, 0.25) is 5.02 Å². The Bertz CT molecular complexity index is 865. The summed E-state index contributed by atoms with van der Waals surface area (Å²) in [5.41, 5.74) is 2.54. The second-order valence-electron chi connectivity index (χ2n) is 7.21. The third-order valence-corrected chi connectivity index (χ3v) is 5.18. The van der Waals surface area contributed by atoms with Crippen molar-refractivity contribution in [3.63, 3.8) is 0 Å². The van der Waals surface area contributed by atoms with Gasteiger partial charge in [-0.3, -0.25) is 9.59 Å². The van der Waals surface area contributed by atoms with Gasteiger partial charge in [0.25, 0.3) is 5.91 Å². The van der Waals surface area contributed by atoms with Gasteiger partial charge < -0.3 is 15.4 Å². The molecular weight excluding hydrogens is 376 g/mol. The number of carbonyl (C=O) groups excluding carboxylic acids is 2. The molecule has 28 heavy (non-hydrogen) atoms. The van der Waals surface area contributed by atoms with E-state index in [9.17, 15) is 9.59 Å². The lowest BCUT2D eigenvalue weighted by atomic mass is 9.85. The molecule has 0 aromatic heterocycles. The van der Waals surface area contributed by atoms with Crippen molar-refractivity contribution in [1.29, 1.82) is 0 Å². The quantitative estimate of drug-likeness (QED) is 0.720. The highest BCUT2D eigenvalue weighted by molar-refractivity contribution is 6.30. The number of benzene rings is 2. The zero-order valence-corrected chi connectivity index (χ0v) is 16.9. The molecule has 5 nitrogen and oxygen atoms in total. The monoisotopic (exact) mass is 400 g/mol. The molecule has 3 rings (SSSR count). The van der Waals surface area contributed by atoms with E-state index >= 15 is 0 Å². The van der Waals surface area contributed by atoms with Gasteiger partial charge in [0.05, 0.1) is 0 Å². The van der Waals surface area contributed by atoms with Crippen LogP contribution in [0.5, 0.6) is 5.75 Å². The van der Waals surface area contributed by atoms with Crippen molar-refractivity contribution in [3.05, 3.63) is 58.6 Å². The molecule has 1 saturated carbocycles. The molecule has 1 unspecified atom stereocenters. The van der Waals surface area contributed by atoms with E-state index in [4.69, 9.17) is 16.3 Å². The lowest BCUT2D eigenvalue weighted by molar-refractivity contribution is -0.127. The number of carbonyl (C=O) groups is 2. The molecule has 2 aromatic rings. The molecule has 0 radical (unpaired) electrons. The Morgan fingerprint density at radius 1 is 1.21 bits per heavy atom. The van der Waals surface area contributed by atoms with Crippen molar-refractivity contribution < 1.29 is 14.3 Å². The van der Waals surface area contributed by atoms with Gasteiger partial charge >= 0.3 is 0 Å². The maximum atomic E-state index is 12.4. The molecule has 1 atom stereocenters. The van der Waals surface area contributed by atoms with Gasteiger partial charge in [-0.25, -0.2) is 0 Å². The van der Waals surface area contributed by atoms with E-state index in [1.54, 1.807) is 25.1 Å². The lowest BCUT2D eigenvalue weighted by Crippen LogP contribution is -2.36. The van der Waals surface area contributed by atoms with Crippen molar-refractivity contribution in [1.82, 2.24) is 5.32 Å². The van der Waals surface area contributed by atoms with E-state index in [1.165, 1.54) is 0 Å². The smallest absolute Gasteiger partial charge is 0.261 e. The number of hydrogen-bond acceptors (Lipinski definition) is 3. The van der Waals surface area contributed by atoms with Gasteiger partial charge in [-0.15, -0.1) is 0 Å². The van der Waals surface area contributed by atoms with Gasteiger partial charge in [-0.05, 0) is 68.1 Å². The van der Waals surface area contributed by atoms with E-state index in [0.29, 0.717) is 17.3 Å². The average Bonchev–Trinajstić information content (AvgIpc) is 2.60. The average molecular weight is 401 g/mol. The summed E-state index contributed by atoms with van der Waals surface area (Å²) < 4.78 is 5.74. The van der Waals surface area contributed by atoms with Crippen LogP contribution in [0.25, 0.3) is 0 Å². The molecular formula is C22H25ClN2O3. The van der Waals surface area contributed by atoms with Gasteiger partial charge in [-0.1, -0.05) is 30.2 Å². The lowest BCUT2D eigenvalue weighted by Gasteiger charge is -2.24. The topological polar surface area (TPSA) is 67.4 Å². The molecule has 1 aliphatic rings. The summed E-state index contributed by atoms with van der Waals surface area (Å²) >= 11 is 5.95. The fourth-order valence-electron chi connectivity index (χ4n) is 3.00. The summed E-state index contributed by atoms with van der Waals surface area (Å²) in [5, 5.41) is 6.45. The maximum Gasteiger partial charge on any atom is 0.261 e. The number of halogens is 1. The second-order valence-corrected chi connectivity index (χ2v) is 7.64. The Balaban J connectivity index is 1.52. The van der Waals surface area contributed by atoms with Crippen LogP contribution in [0.3, 0.4) is 0 Å². The summed E-state index contributed by atoms with van der Waals surface area (Å²) in [6.45, 7) is 3.95. The third-order valence-electron chi connectivity index (χ3n) is 4.95. The highest BCUT2D eigenvalue weighted by Crippen LogP contribution is 2.27. The van der Waals surface area contributed by atoms with Gasteiger partial charge in [0.15, 0.2) is 6.10 Å². The van der Waals surface area contributed by atoms with Crippen LogP contribution in [-0.4, -0.2) is 17.9 Å². The minimum atomic E-state index is -0.638. The third kappa shape index (κ3) is 5.26. The van der Waals surface area contributed by atoms with Crippen LogP contribution < -0.4 is 15.4 Å². The Morgan fingerprint density at radius 3 is 2.68 bits per heavy atom. The van der Waals surface area contributed by atoms with Crippen LogP contribution in [-0.2, 0) is 16.1 Å². The predicted octanol–water partition coefficient (Wildman–Crippen LogP) is 4.47. The fourth-order valence-corrected chi connectivity index (χ4v) is 3.22. The minimum absolute atomic E-state index is 0.0767. The number of ether oxygens (including phenoxy) is 1. The summed E-state index contributed by atoms with van der Waals surface area (Å²) in [5.74, 6) is 0.636. The van der Waals surface area contributed by atoms with E-state index in [2.05, 4.69) is 10.6 Å². The molecule has 2 N–H and O–H groups in total. The molecule has 2 aromatic carbocycles. The standard InChI is InChI=1S/C22H25ClN2O3/c1-14-11-18(23)9-10-20(14)28-15(2)21(26)24-13-16-5-3-8-19(12-16)25-22(27)17-6-4-7-17/h3,5,8-12,15,17H,4,6-7,13H2,1-2H3,(H,24,26)(H,25,27). The zero-order chi connectivity index (χ0) is 20.1. The summed E-state index contributed by atoms with van der Waals surface area (Å²) in [7, 11) is 0. The molecule has 148 valence electrons. The first-order valence-electron chi connectivity index (χ1n) is 9.52. The first kappa shape index (κ1) is 20.2. The largest absolute Gasteiger partial charge is 0.481 e. The molecule has 1 fully saturated rings. The molecule has 1 aliphatic carbocycles. The predicted molar refractivity (Wildman–Crippen MR) is 111 cm³/mol. The van der Waals surface area contributed by atoms with Crippen LogP contribution in [0.1, 0.15) is 37.3 Å². The van der Waals surface area contributed by atoms with Crippen LogP contribution in [0, 0.1) is 12.8 Å². The number of anilines is 1. The molecule has 0 aliphatic heterocycles. The molecule has 0 bridgehead atoms. The Morgan fingerprint density at radius 2 is 2.00 bits per heavy atom. The summed E-state index contributed by atoms with van der Waals surface area (Å²) in [4.78, 5) is 24.4. The van der Waals surface area contributed by atoms with Crippen LogP contribution >= 0.6 is 11.6 Å². The fraction of sp³-hybridized carbons (Fsp3) is 0.364. The number of amides is 2. The van der Waals surface area contributed by atoms with Crippen LogP contribution in [0.15, 0.2) is 42.5 Å². The molecule has 2 amide bonds. The summed E-state index contributed by atoms with van der Waals surface area (Å²) in [6, 6.07) is 12.8. The zero-order valence-electron chi connectivity index (χ0n) is 16.1. The Labute approximate surface area is 170 Å². The minimum Gasteiger partial charge on any atom is -0.481 e. The summed E-state index contributed by atoms with van der Waals surface area (Å²) in [6.07, 6.45) is 2.42. The first-order valence-corrected chi connectivity index (χ1v) is 9.90. The second kappa shape index (κ2) is 9.11. The highest BCUT2D eigenvalue weighted by Gasteiger charge is 2.25. The normalized spacial score (nSPS) is 14.7. The maximum absolute atomic E-state index is 12.4. The van der Waals surface area contributed by atoms with Crippen molar-refractivity contribution in [2.24, 2.45) is 5.92 Å². The number of nitrogens with one attached hydrogen (secondary N) is 2. The van der Waals surface area contributed by atoms with Crippen LogP contribution in [0.4, 0.5) is 5.69 Å². The van der Waals surface area contributed by atoms with E-state index in [-0.39, 0.29) is 17.7 Å². The Kier molecular flexibility index (Phi) is 6.57. The van der Waals surface area contributed by atoms with E-state index in [1.807, 2.05) is 31.2 Å². The SMILES string of the molecule is Cc1cc(Cl)ccc1OC(C)C(=O)NCc1cccc(NC(=O)C2CCC2)c1. The molecule has 0 spiro atoms. The van der Waals surface area contributed by atoms with E-state index in [0.717, 1.165) is 36.1 Å². The Hall–Kier alpha value is -2.53. The number of hydrogen-bond donors (Lipinski definition) is 2. The van der Waals surface area contributed by atoms with Crippen molar-refractivity contribution in [2.45, 2.75) is 45.8 Å². The first-order chi connectivity index (χ1) is 13.4. The van der Waals surface area contributed by atoms with Gasteiger partial charge in [-0.2, -0.15) is 0 Å². The van der Waals surface area contributed by atoms with Gasteiger partial charge in [0.2, 0.25) is 5.91 Å². The number of aryl methyl sites for hydroxylation is 1. The van der Waals surface area contributed by atoms with Crippen molar-refractivity contribution in [3.8, 4) is 5.75 Å². The van der Waals surface area contributed by atoms with Crippen molar-refractivity contribution >= 4 is 29.1 Å². The highest BCUT2D eigenvalue weighted by atomic mass is 35.5. The van der Waals surface area contributed by atoms with Gasteiger partial charge in [0.1, 0.15) is 5.75 Å².